The van der Waals surface area contributed by atoms with Crippen molar-refractivity contribution in [3.8, 4) is 0 Å². The van der Waals surface area contributed by atoms with Gasteiger partial charge in [0.1, 0.15) is 5.78 Å². The van der Waals surface area contributed by atoms with Crippen LogP contribution in [-0.4, -0.2) is 24.6 Å². The van der Waals surface area contributed by atoms with E-state index in [2.05, 4.69) is 4.74 Å². The van der Waals surface area contributed by atoms with E-state index in [1.807, 2.05) is 20.8 Å². The van der Waals surface area contributed by atoms with Crippen molar-refractivity contribution >= 4 is 17.5 Å². The predicted octanol–water partition coefficient (Wildman–Crippen LogP) is 2.71. The Kier molecular flexibility index (Phi) is 6.11. The fraction of sp³-hybridized carbons (Fsp3) is 0.688. The van der Waals surface area contributed by atoms with Crippen molar-refractivity contribution in [1.82, 2.24) is 0 Å². The van der Waals surface area contributed by atoms with Crippen molar-refractivity contribution in [3.63, 3.8) is 0 Å². The second-order valence-corrected chi connectivity index (χ2v) is 6.03. The minimum atomic E-state index is -0.430. The van der Waals surface area contributed by atoms with Crippen molar-refractivity contribution in [2.75, 3.05) is 7.11 Å². The van der Waals surface area contributed by atoms with E-state index in [-0.39, 0.29) is 23.4 Å². The summed E-state index contributed by atoms with van der Waals surface area (Å²) in [7, 11) is 1.31. The van der Waals surface area contributed by atoms with E-state index in [1.54, 1.807) is 0 Å². The molecule has 0 heterocycles. The van der Waals surface area contributed by atoms with Gasteiger partial charge >= 0.3 is 5.97 Å². The van der Waals surface area contributed by atoms with Gasteiger partial charge in [0.2, 0.25) is 0 Å². The molecule has 0 aromatic carbocycles. The van der Waals surface area contributed by atoms with E-state index >= 15 is 0 Å². The number of hydrogen-bond donors (Lipinski definition) is 0. The highest BCUT2D eigenvalue weighted by Gasteiger charge is 2.30. The molecule has 1 aliphatic carbocycles. The summed E-state index contributed by atoms with van der Waals surface area (Å²) in [6.07, 6.45) is 3.57. The van der Waals surface area contributed by atoms with Gasteiger partial charge in [0.15, 0.2) is 5.78 Å². The number of esters is 1. The molecule has 1 rings (SSSR count). The maximum atomic E-state index is 12.1. The first-order chi connectivity index (χ1) is 9.35. The smallest absolute Gasteiger partial charge is 0.333 e. The number of hydrogen-bond acceptors (Lipinski definition) is 4. The van der Waals surface area contributed by atoms with Gasteiger partial charge in [-0.05, 0) is 30.8 Å². The first kappa shape index (κ1) is 16.6. The molecule has 0 N–H and O–H groups in total. The highest BCUT2D eigenvalue weighted by atomic mass is 16.5. The van der Waals surface area contributed by atoms with Crippen LogP contribution in [0.15, 0.2) is 11.6 Å². The lowest BCUT2D eigenvalue weighted by Crippen LogP contribution is -2.27. The Labute approximate surface area is 120 Å². The molecule has 112 valence electrons. The maximum Gasteiger partial charge on any atom is 0.333 e. The zero-order valence-corrected chi connectivity index (χ0v) is 12.8. The Morgan fingerprint density at radius 2 is 1.95 bits per heavy atom. The SMILES string of the molecule is COC(=O)C1=CC(=O)[C@@H]([C@@H](C)CC(=O)CC(C)C)CC1. The van der Waals surface area contributed by atoms with Crippen LogP contribution in [0.3, 0.4) is 0 Å². The second kappa shape index (κ2) is 7.36. The molecule has 0 bridgehead atoms. The molecule has 0 aromatic rings. The normalized spacial score (nSPS) is 20.6. The van der Waals surface area contributed by atoms with Crippen molar-refractivity contribution in [2.45, 2.75) is 46.5 Å². The Morgan fingerprint density at radius 3 is 2.45 bits per heavy atom. The van der Waals surface area contributed by atoms with Crippen LogP contribution in [0.5, 0.6) is 0 Å². The van der Waals surface area contributed by atoms with Crippen molar-refractivity contribution in [3.05, 3.63) is 11.6 Å². The summed E-state index contributed by atoms with van der Waals surface area (Å²) < 4.78 is 4.63. The third-order valence-electron chi connectivity index (χ3n) is 3.73. The molecule has 0 aliphatic heterocycles. The molecule has 4 nitrogen and oxygen atoms in total. The molecular formula is C16H24O4. The molecule has 0 aromatic heterocycles. The quantitative estimate of drug-likeness (QED) is 0.702. The minimum absolute atomic E-state index is 0.0317. The standard InChI is InChI=1S/C16H24O4/c1-10(2)7-13(17)8-11(3)14-6-5-12(9-15(14)18)16(19)20-4/h9-11,14H,5-8H2,1-4H3/t11-,14+/m0/s1. The van der Waals surface area contributed by atoms with Crippen LogP contribution in [-0.2, 0) is 19.1 Å². The first-order valence-electron chi connectivity index (χ1n) is 7.19. The summed E-state index contributed by atoms with van der Waals surface area (Å²) in [5.41, 5.74) is 0.439. The average molecular weight is 280 g/mol. The third kappa shape index (κ3) is 4.58. The largest absolute Gasteiger partial charge is 0.466 e. The van der Waals surface area contributed by atoms with Crippen LogP contribution in [0.1, 0.15) is 46.5 Å². The number of carbonyl (C=O) groups excluding carboxylic acids is 3. The van der Waals surface area contributed by atoms with Crippen LogP contribution in [0.4, 0.5) is 0 Å². The number of ether oxygens (including phenoxy) is 1. The molecule has 0 saturated carbocycles. The number of rotatable bonds is 6. The van der Waals surface area contributed by atoms with Gasteiger partial charge in [-0.15, -0.1) is 0 Å². The van der Waals surface area contributed by atoms with E-state index in [0.717, 1.165) is 0 Å². The zero-order valence-electron chi connectivity index (χ0n) is 12.8. The van der Waals surface area contributed by atoms with Crippen molar-refractivity contribution in [2.24, 2.45) is 17.8 Å². The summed E-state index contributed by atoms with van der Waals surface area (Å²) >= 11 is 0. The zero-order chi connectivity index (χ0) is 15.3. The summed E-state index contributed by atoms with van der Waals surface area (Å²) in [6, 6.07) is 0. The average Bonchev–Trinajstić information content (AvgIpc) is 2.36. The Morgan fingerprint density at radius 1 is 1.30 bits per heavy atom. The molecule has 0 radical (unpaired) electrons. The Hall–Kier alpha value is -1.45. The van der Waals surface area contributed by atoms with Crippen LogP contribution < -0.4 is 0 Å². The molecule has 2 atom stereocenters. The van der Waals surface area contributed by atoms with E-state index in [4.69, 9.17) is 0 Å². The van der Waals surface area contributed by atoms with Gasteiger partial charge in [-0.25, -0.2) is 4.79 Å². The van der Waals surface area contributed by atoms with Crippen LogP contribution in [0.25, 0.3) is 0 Å². The van der Waals surface area contributed by atoms with E-state index in [9.17, 15) is 14.4 Å². The number of ketones is 2. The lowest BCUT2D eigenvalue weighted by molar-refractivity contribution is -0.137. The van der Waals surface area contributed by atoms with Gasteiger partial charge < -0.3 is 4.74 Å². The number of allylic oxidation sites excluding steroid dienone is 1. The van der Waals surface area contributed by atoms with Crippen molar-refractivity contribution in [1.29, 1.82) is 0 Å². The fourth-order valence-corrected chi connectivity index (χ4v) is 2.70. The van der Waals surface area contributed by atoms with Gasteiger partial charge in [-0.2, -0.15) is 0 Å². The Bertz CT molecular complexity index is 420. The molecule has 0 unspecified atom stereocenters. The van der Waals surface area contributed by atoms with E-state index in [1.165, 1.54) is 13.2 Å². The molecule has 0 amide bonds. The van der Waals surface area contributed by atoms with Gasteiger partial charge in [-0.3, -0.25) is 9.59 Å². The van der Waals surface area contributed by atoms with E-state index < -0.39 is 5.97 Å². The summed E-state index contributed by atoms with van der Waals surface area (Å²) in [5.74, 6) is -0.0452. The summed E-state index contributed by atoms with van der Waals surface area (Å²) in [5, 5.41) is 0. The van der Waals surface area contributed by atoms with Gasteiger partial charge in [0, 0.05) is 24.3 Å². The number of methoxy groups -OCH3 is 1. The minimum Gasteiger partial charge on any atom is -0.466 e. The third-order valence-corrected chi connectivity index (χ3v) is 3.73. The van der Waals surface area contributed by atoms with Crippen LogP contribution >= 0.6 is 0 Å². The highest BCUT2D eigenvalue weighted by Crippen LogP contribution is 2.29. The van der Waals surface area contributed by atoms with Crippen LogP contribution in [0.2, 0.25) is 0 Å². The number of Topliss-reactive ketones (excluding diaryl/α,β-unsaturated/α-hetero) is 1. The monoisotopic (exact) mass is 280 g/mol. The lowest BCUT2D eigenvalue weighted by atomic mass is 9.78. The highest BCUT2D eigenvalue weighted by molar-refractivity contribution is 6.02. The lowest BCUT2D eigenvalue weighted by Gasteiger charge is -2.25. The van der Waals surface area contributed by atoms with Crippen LogP contribution in [0, 0.1) is 17.8 Å². The van der Waals surface area contributed by atoms with Gasteiger partial charge in [0.05, 0.1) is 7.11 Å². The first-order valence-corrected chi connectivity index (χ1v) is 7.19. The molecule has 0 saturated heterocycles. The summed E-state index contributed by atoms with van der Waals surface area (Å²) in [6.45, 7) is 5.97. The maximum absolute atomic E-state index is 12.1. The topological polar surface area (TPSA) is 60.4 Å². The van der Waals surface area contributed by atoms with Gasteiger partial charge in [0.25, 0.3) is 0 Å². The molecule has 0 fully saturated rings. The summed E-state index contributed by atoms with van der Waals surface area (Å²) in [4.78, 5) is 35.3. The van der Waals surface area contributed by atoms with E-state index in [0.29, 0.717) is 37.2 Å². The number of carbonyl (C=O) groups is 3. The molecular weight excluding hydrogens is 256 g/mol. The predicted molar refractivity (Wildman–Crippen MR) is 76.1 cm³/mol. The molecule has 20 heavy (non-hydrogen) atoms. The molecule has 4 heteroatoms. The van der Waals surface area contributed by atoms with Gasteiger partial charge in [-0.1, -0.05) is 20.8 Å². The second-order valence-electron chi connectivity index (χ2n) is 6.03. The molecule has 1 aliphatic rings. The fourth-order valence-electron chi connectivity index (χ4n) is 2.70. The van der Waals surface area contributed by atoms with Crippen molar-refractivity contribution < 1.29 is 19.1 Å². The Balaban J connectivity index is 2.61. The molecule has 0 spiro atoms.